The zero-order valence-corrected chi connectivity index (χ0v) is 22.3. The first-order valence-electron chi connectivity index (χ1n) is 13.3. The van der Waals surface area contributed by atoms with Crippen LogP contribution in [-0.4, -0.2) is 64.4 Å². The number of halogens is 1. The molecule has 7 nitrogen and oxygen atoms in total. The van der Waals surface area contributed by atoms with E-state index in [2.05, 4.69) is 38.3 Å². The third-order valence-electron chi connectivity index (χ3n) is 8.34. The van der Waals surface area contributed by atoms with Crippen molar-refractivity contribution < 1.29 is 9.18 Å². The lowest BCUT2D eigenvalue weighted by Gasteiger charge is -2.43. The maximum Gasteiger partial charge on any atom is 0.254 e. The highest BCUT2D eigenvalue weighted by atomic mass is 32.1. The highest BCUT2D eigenvalue weighted by molar-refractivity contribution is 7.16. The van der Waals surface area contributed by atoms with E-state index in [1.807, 2.05) is 30.3 Å². The lowest BCUT2D eigenvalue weighted by atomic mass is 9.70. The SMILES string of the molecule is CN1CCC(c2ccc(Nc3ncc(F)c(-c4cc5c(s4)C4(CCCCC4)CN(C)C5=O)n3)nc2)CC1. The molecule has 3 aromatic heterocycles. The predicted octanol–water partition coefficient (Wildman–Crippen LogP) is 5.58. The molecule has 1 N–H and O–H groups in total. The second-order valence-electron chi connectivity index (χ2n) is 10.9. The van der Waals surface area contributed by atoms with Crippen molar-refractivity contribution in [2.24, 2.45) is 0 Å². The first-order chi connectivity index (χ1) is 17.9. The van der Waals surface area contributed by atoms with Gasteiger partial charge in [-0.05, 0) is 69.4 Å². The summed E-state index contributed by atoms with van der Waals surface area (Å²) >= 11 is 1.52. The van der Waals surface area contributed by atoms with Gasteiger partial charge in [0.25, 0.3) is 5.91 Å². The van der Waals surface area contributed by atoms with E-state index in [9.17, 15) is 9.18 Å². The second kappa shape index (κ2) is 9.76. The summed E-state index contributed by atoms with van der Waals surface area (Å²) < 4.78 is 15.0. The van der Waals surface area contributed by atoms with E-state index in [0.717, 1.165) is 63.0 Å². The van der Waals surface area contributed by atoms with Crippen molar-refractivity contribution in [3.63, 3.8) is 0 Å². The minimum Gasteiger partial charge on any atom is -0.341 e. The van der Waals surface area contributed by atoms with Crippen LogP contribution in [0.5, 0.6) is 0 Å². The molecule has 194 valence electrons. The summed E-state index contributed by atoms with van der Waals surface area (Å²) in [6.45, 7) is 2.94. The van der Waals surface area contributed by atoms with Gasteiger partial charge in [-0.25, -0.2) is 19.3 Å². The molecule has 3 aromatic rings. The van der Waals surface area contributed by atoms with Crippen molar-refractivity contribution in [1.29, 1.82) is 0 Å². The summed E-state index contributed by atoms with van der Waals surface area (Å²) in [6, 6.07) is 5.87. The Labute approximate surface area is 221 Å². The third kappa shape index (κ3) is 4.63. The minimum atomic E-state index is -0.492. The maximum atomic E-state index is 15.0. The van der Waals surface area contributed by atoms with Crippen LogP contribution in [0, 0.1) is 5.82 Å². The van der Waals surface area contributed by atoms with Gasteiger partial charge in [0, 0.05) is 30.1 Å². The number of likely N-dealkylation sites (N-methyl/N-ethyl adjacent to an activating group) is 1. The van der Waals surface area contributed by atoms with Gasteiger partial charge in [0.15, 0.2) is 5.82 Å². The third-order valence-corrected chi connectivity index (χ3v) is 9.72. The van der Waals surface area contributed by atoms with E-state index in [4.69, 9.17) is 0 Å². The highest BCUT2D eigenvalue weighted by Crippen LogP contribution is 2.49. The molecule has 1 amide bonds. The Balaban J connectivity index is 1.26. The molecule has 0 unspecified atom stereocenters. The summed E-state index contributed by atoms with van der Waals surface area (Å²) in [4.78, 5) is 32.2. The molecule has 3 aliphatic rings. The van der Waals surface area contributed by atoms with Crippen LogP contribution in [0.4, 0.5) is 16.2 Å². The van der Waals surface area contributed by atoms with Crippen LogP contribution in [0.1, 0.15) is 71.7 Å². The van der Waals surface area contributed by atoms with Gasteiger partial charge in [-0.2, -0.15) is 0 Å². The molecule has 37 heavy (non-hydrogen) atoms. The van der Waals surface area contributed by atoms with Gasteiger partial charge in [0.05, 0.1) is 16.6 Å². The standard InChI is InChI=1S/C28H33FN6OS/c1-34-12-8-18(9-13-34)19-6-7-23(30-15-19)32-27-31-16-21(29)24(33-27)22-14-20-25(37-22)28(10-4-3-5-11-28)17-35(2)26(20)36/h6-7,14-16,18H,3-5,8-13,17H2,1-2H3,(H,30,31,32,33). The Morgan fingerprint density at radius 2 is 1.86 bits per heavy atom. The summed E-state index contributed by atoms with van der Waals surface area (Å²) in [6.07, 6.45) is 11.1. The quantitative estimate of drug-likeness (QED) is 0.484. The van der Waals surface area contributed by atoms with Gasteiger partial charge in [0.2, 0.25) is 5.95 Å². The first kappa shape index (κ1) is 24.4. The van der Waals surface area contributed by atoms with Crippen LogP contribution in [0.15, 0.2) is 30.6 Å². The molecule has 6 rings (SSSR count). The molecule has 2 fully saturated rings. The first-order valence-corrected chi connectivity index (χ1v) is 14.1. The number of hydrogen-bond acceptors (Lipinski definition) is 7. The number of pyridine rings is 1. The van der Waals surface area contributed by atoms with Crippen molar-refractivity contribution in [3.8, 4) is 10.6 Å². The zero-order valence-electron chi connectivity index (χ0n) is 21.5. The van der Waals surface area contributed by atoms with Crippen LogP contribution in [0.2, 0.25) is 0 Å². The maximum absolute atomic E-state index is 15.0. The topological polar surface area (TPSA) is 74.2 Å². The Morgan fingerprint density at radius 1 is 1.08 bits per heavy atom. The van der Waals surface area contributed by atoms with Gasteiger partial charge in [-0.15, -0.1) is 11.3 Å². The predicted molar refractivity (Wildman–Crippen MR) is 144 cm³/mol. The van der Waals surface area contributed by atoms with Crippen molar-refractivity contribution in [1.82, 2.24) is 24.8 Å². The molecule has 0 radical (unpaired) electrons. The number of nitrogens with zero attached hydrogens (tertiary/aromatic N) is 5. The number of thiophene rings is 1. The van der Waals surface area contributed by atoms with Crippen molar-refractivity contribution in [3.05, 3.63) is 52.4 Å². The molecular weight excluding hydrogens is 487 g/mol. The average Bonchev–Trinajstić information content (AvgIpc) is 3.37. The fourth-order valence-electron chi connectivity index (χ4n) is 6.25. The number of likely N-dealkylation sites (tertiary alicyclic amines) is 1. The van der Waals surface area contributed by atoms with E-state index < -0.39 is 5.82 Å². The van der Waals surface area contributed by atoms with Crippen LogP contribution in [0.25, 0.3) is 10.6 Å². The Morgan fingerprint density at radius 3 is 2.59 bits per heavy atom. The van der Waals surface area contributed by atoms with Gasteiger partial charge < -0.3 is 15.1 Å². The lowest BCUT2D eigenvalue weighted by molar-refractivity contribution is 0.0698. The molecule has 0 atom stereocenters. The van der Waals surface area contributed by atoms with Gasteiger partial charge in [0.1, 0.15) is 11.5 Å². The van der Waals surface area contributed by atoms with Crippen LogP contribution in [0.3, 0.4) is 0 Å². The Hall–Kier alpha value is -2.91. The number of amides is 1. The van der Waals surface area contributed by atoms with E-state index >= 15 is 0 Å². The highest BCUT2D eigenvalue weighted by Gasteiger charge is 2.44. The van der Waals surface area contributed by atoms with Crippen molar-refractivity contribution >= 4 is 29.0 Å². The Bertz CT molecular complexity index is 1290. The van der Waals surface area contributed by atoms with Crippen molar-refractivity contribution in [2.75, 3.05) is 39.0 Å². The fourth-order valence-corrected chi connectivity index (χ4v) is 7.63. The van der Waals surface area contributed by atoms with Gasteiger partial charge >= 0.3 is 0 Å². The molecule has 2 aliphatic heterocycles. The molecule has 5 heterocycles. The fraction of sp³-hybridized carbons (Fsp3) is 0.500. The number of rotatable bonds is 4. The number of anilines is 2. The Kier molecular flexibility index (Phi) is 6.44. The second-order valence-corrected chi connectivity index (χ2v) is 12.0. The number of nitrogens with one attached hydrogen (secondary N) is 1. The molecule has 1 saturated carbocycles. The molecule has 0 aromatic carbocycles. The smallest absolute Gasteiger partial charge is 0.254 e. The minimum absolute atomic E-state index is 0.00964. The normalized spacial score (nSPS) is 20.3. The van der Waals surface area contributed by atoms with Gasteiger partial charge in [-0.3, -0.25) is 4.79 Å². The summed E-state index contributed by atoms with van der Waals surface area (Å²) in [7, 11) is 4.03. The number of carbonyl (C=O) groups excluding carboxylic acids is 1. The molecule has 1 aliphatic carbocycles. The number of hydrogen-bond donors (Lipinski definition) is 1. The van der Waals surface area contributed by atoms with E-state index in [-0.39, 0.29) is 23.0 Å². The van der Waals surface area contributed by atoms with Crippen LogP contribution in [-0.2, 0) is 5.41 Å². The van der Waals surface area contributed by atoms with Gasteiger partial charge in [-0.1, -0.05) is 25.3 Å². The van der Waals surface area contributed by atoms with Crippen LogP contribution >= 0.6 is 11.3 Å². The van der Waals surface area contributed by atoms with E-state index in [0.29, 0.717) is 22.2 Å². The lowest BCUT2D eigenvalue weighted by Crippen LogP contribution is -2.47. The number of piperidine rings is 1. The van der Waals surface area contributed by atoms with Crippen molar-refractivity contribution in [2.45, 2.75) is 56.3 Å². The summed E-state index contributed by atoms with van der Waals surface area (Å²) in [5.74, 6) is 0.963. The zero-order chi connectivity index (χ0) is 25.6. The number of carbonyl (C=O) groups is 1. The molecule has 9 heteroatoms. The molecular formula is C28H33FN6OS. The summed E-state index contributed by atoms with van der Waals surface area (Å²) in [5.41, 5.74) is 2.15. The number of fused-ring (bicyclic) bond motifs is 2. The van der Waals surface area contributed by atoms with Crippen LogP contribution < -0.4 is 5.32 Å². The molecule has 0 bridgehead atoms. The van der Waals surface area contributed by atoms with E-state index in [1.165, 1.54) is 29.5 Å². The number of aromatic nitrogens is 3. The molecule has 1 spiro atoms. The van der Waals surface area contributed by atoms with E-state index in [1.54, 1.807) is 0 Å². The summed E-state index contributed by atoms with van der Waals surface area (Å²) in [5, 5.41) is 3.13. The average molecular weight is 521 g/mol. The monoisotopic (exact) mass is 520 g/mol. The largest absolute Gasteiger partial charge is 0.341 e. The molecule has 1 saturated heterocycles.